The molecular formula is C15H31N3. The molecule has 2 fully saturated rings. The SMILES string of the molecule is CN(C)CC1CCN(C2(CN)CCCCC2)CC1. The molecule has 0 aromatic heterocycles. The van der Waals surface area contributed by atoms with Gasteiger partial charge in [0.1, 0.15) is 0 Å². The molecule has 0 unspecified atom stereocenters. The summed E-state index contributed by atoms with van der Waals surface area (Å²) in [6, 6.07) is 0. The van der Waals surface area contributed by atoms with Crippen molar-refractivity contribution < 1.29 is 0 Å². The number of nitrogens with two attached hydrogens (primary N) is 1. The third-order valence-electron chi connectivity index (χ3n) is 5.07. The lowest BCUT2D eigenvalue weighted by Gasteiger charge is -2.49. The summed E-state index contributed by atoms with van der Waals surface area (Å²) in [5.41, 5.74) is 6.50. The number of piperidine rings is 1. The Balaban J connectivity index is 1.87. The number of hydrogen-bond acceptors (Lipinski definition) is 3. The van der Waals surface area contributed by atoms with Crippen LogP contribution in [0.15, 0.2) is 0 Å². The molecule has 1 saturated carbocycles. The summed E-state index contributed by atoms with van der Waals surface area (Å²) in [4.78, 5) is 5.07. The predicted octanol–water partition coefficient (Wildman–Crippen LogP) is 1.92. The Hall–Kier alpha value is -0.120. The molecule has 2 N–H and O–H groups in total. The van der Waals surface area contributed by atoms with Crippen molar-refractivity contribution in [2.75, 3.05) is 40.3 Å². The Kier molecular flexibility index (Phi) is 5.05. The van der Waals surface area contributed by atoms with Gasteiger partial charge in [-0.1, -0.05) is 19.3 Å². The molecule has 1 heterocycles. The van der Waals surface area contributed by atoms with Crippen molar-refractivity contribution in [1.82, 2.24) is 9.80 Å². The van der Waals surface area contributed by atoms with Crippen molar-refractivity contribution in [3.63, 3.8) is 0 Å². The molecule has 0 aromatic carbocycles. The van der Waals surface area contributed by atoms with Gasteiger partial charge in [-0.2, -0.15) is 0 Å². The predicted molar refractivity (Wildman–Crippen MR) is 77.7 cm³/mol. The summed E-state index contributed by atoms with van der Waals surface area (Å²) < 4.78 is 0. The average molecular weight is 253 g/mol. The highest BCUT2D eigenvalue weighted by Crippen LogP contribution is 2.35. The molecule has 2 rings (SSSR count). The van der Waals surface area contributed by atoms with E-state index in [0.717, 1.165) is 12.5 Å². The molecule has 3 nitrogen and oxygen atoms in total. The van der Waals surface area contributed by atoms with E-state index < -0.39 is 0 Å². The van der Waals surface area contributed by atoms with E-state index in [2.05, 4.69) is 23.9 Å². The smallest absolute Gasteiger partial charge is 0.0331 e. The quantitative estimate of drug-likeness (QED) is 0.831. The fraction of sp³-hybridized carbons (Fsp3) is 1.00. The second-order valence-electron chi connectivity index (χ2n) is 6.68. The van der Waals surface area contributed by atoms with Crippen LogP contribution in [0.5, 0.6) is 0 Å². The van der Waals surface area contributed by atoms with Crippen LogP contribution in [0.3, 0.4) is 0 Å². The first kappa shape index (κ1) is 14.3. The van der Waals surface area contributed by atoms with E-state index in [9.17, 15) is 0 Å². The maximum absolute atomic E-state index is 6.13. The second kappa shape index (κ2) is 6.36. The van der Waals surface area contributed by atoms with Crippen LogP contribution in [0.25, 0.3) is 0 Å². The Morgan fingerprint density at radius 1 is 1.11 bits per heavy atom. The van der Waals surface area contributed by atoms with Gasteiger partial charge in [-0.3, -0.25) is 4.90 Å². The van der Waals surface area contributed by atoms with E-state index in [1.165, 1.54) is 64.6 Å². The van der Waals surface area contributed by atoms with E-state index in [1.807, 2.05) is 0 Å². The molecule has 0 spiro atoms. The highest BCUT2D eigenvalue weighted by atomic mass is 15.2. The van der Waals surface area contributed by atoms with Gasteiger partial charge < -0.3 is 10.6 Å². The van der Waals surface area contributed by atoms with Gasteiger partial charge in [0.2, 0.25) is 0 Å². The number of rotatable bonds is 4. The lowest BCUT2D eigenvalue weighted by Crippen LogP contribution is -2.57. The first-order valence-corrected chi connectivity index (χ1v) is 7.76. The number of likely N-dealkylation sites (tertiary alicyclic amines) is 1. The van der Waals surface area contributed by atoms with Gasteiger partial charge in [-0.15, -0.1) is 0 Å². The summed E-state index contributed by atoms with van der Waals surface area (Å²) in [5, 5.41) is 0. The molecule has 0 amide bonds. The molecule has 3 heteroatoms. The van der Waals surface area contributed by atoms with E-state index in [1.54, 1.807) is 0 Å². The van der Waals surface area contributed by atoms with Crippen LogP contribution in [-0.4, -0.2) is 55.6 Å². The second-order valence-corrected chi connectivity index (χ2v) is 6.68. The highest BCUT2D eigenvalue weighted by Gasteiger charge is 2.38. The van der Waals surface area contributed by atoms with Crippen molar-refractivity contribution in [3.05, 3.63) is 0 Å². The molecule has 0 aromatic rings. The van der Waals surface area contributed by atoms with Crippen LogP contribution in [0, 0.1) is 5.92 Å². The van der Waals surface area contributed by atoms with Crippen molar-refractivity contribution in [1.29, 1.82) is 0 Å². The van der Waals surface area contributed by atoms with Gasteiger partial charge in [-0.05, 0) is 58.8 Å². The minimum atomic E-state index is 0.362. The Morgan fingerprint density at radius 2 is 1.72 bits per heavy atom. The van der Waals surface area contributed by atoms with Crippen LogP contribution in [0.4, 0.5) is 0 Å². The minimum absolute atomic E-state index is 0.362. The lowest BCUT2D eigenvalue weighted by molar-refractivity contribution is 0.0234. The molecule has 0 atom stereocenters. The van der Waals surface area contributed by atoms with E-state index >= 15 is 0 Å². The zero-order chi connectivity index (χ0) is 13.0. The molecule has 1 aliphatic carbocycles. The van der Waals surface area contributed by atoms with Crippen LogP contribution in [0.1, 0.15) is 44.9 Å². The molecular weight excluding hydrogens is 222 g/mol. The average Bonchev–Trinajstić information content (AvgIpc) is 2.39. The monoisotopic (exact) mass is 253 g/mol. The van der Waals surface area contributed by atoms with Crippen LogP contribution < -0.4 is 5.73 Å². The summed E-state index contributed by atoms with van der Waals surface area (Å²) >= 11 is 0. The maximum Gasteiger partial charge on any atom is 0.0331 e. The van der Waals surface area contributed by atoms with E-state index in [0.29, 0.717) is 5.54 Å². The third kappa shape index (κ3) is 3.25. The normalized spacial score (nSPS) is 26.7. The maximum atomic E-state index is 6.13. The zero-order valence-corrected chi connectivity index (χ0v) is 12.3. The summed E-state index contributed by atoms with van der Waals surface area (Å²) in [7, 11) is 4.38. The largest absolute Gasteiger partial charge is 0.329 e. The molecule has 1 saturated heterocycles. The Bertz CT molecular complexity index is 238. The van der Waals surface area contributed by atoms with Crippen molar-refractivity contribution in [3.8, 4) is 0 Å². The standard InChI is InChI=1S/C15H31N3/c1-17(2)12-14-6-10-18(11-7-14)15(13-16)8-4-3-5-9-15/h14H,3-13,16H2,1-2H3. The lowest BCUT2D eigenvalue weighted by atomic mass is 9.78. The first-order valence-electron chi connectivity index (χ1n) is 7.76. The highest BCUT2D eigenvalue weighted by molar-refractivity contribution is 4.95. The molecule has 106 valence electrons. The van der Waals surface area contributed by atoms with Crippen LogP contribution in [-0.2, 0) is 0 Å². The van der Waals surface area contributed by atoms with Gasteiger partial charge in [0.15, 0.2) is 0 Å². The van der Waals surface area contributed by atoms with Gasteiger partial charge in [-0.25, -0.2) is 0 Å². The molecule has 1 aliphatic heterocycles. The fourth-order valence-electron chi connectivity index (χ4n) is 3.97. The fourth-order valence-corrected chi connectivity index (χ4v) is 3.97. The van der Waals surface area contributed by atoms with Gasteiger partial charge in [0.05, 0.1) is 0 Å². The third-order valence-corrected chi connectivity index (χ3v) is 5.07. The number of nitrogens with zero attached hydrogens (tertiary/aromatic N) is 2. The molecule has 0 radical (unpaired) electrons. The van der Waals surface area contributed by atoms with Crippen molar-refractivity contribution in [2.45, 2.75) is 50.5 Å². The molecule has 18 heavy (non-hydrogen) atoms. The van der Waals surface area contributed by atoms with Crippen molar-refractivity contribution >= 4 is 0 Å². The Labute approximate surface area is 113 Å². The topological polar surface area (TPSA) is 32.5 Å². The molecule has 0 bridgehead atoms. The number of hydrogen-bond donors (Lipinski definition) is 1. The zero-order valence-electron chi connectivity index (χ0n) is 12.3. The van der Waals surface area contributed by atoms with Gasteiger partial charge >= 0.3 is 0 Å². The van der Waals surface area contributed by atoms with Crippen molar-refractivity contribution in [2.24, 2.45) is 11.7 Å². The van der Waals surface area contributed by atoms with E-state index in [-0.39, 0.29) is 0 Å². The van der Waals surface area contributed by atoms with Crippen LogP contribution >= 0.6 is 0 Å². The Morgan fingerprint density at radius 3 is 2.22 bits per heavy atom. The van der Waals surface area contributed by atoms with Gasteiger partial charge in [0.25, 0.3) is 0 Å². The summed E-state index contributed by atoms with van der Waals surface area (Å²) in [6.45, 7) is 4.67. The molecule has 2 aliphatic rings. The van der Waals surface area contributed by atoms with Crippen LogP contribution in [0.2, 0.25) is 0 Å². The van der Waals surface area contributed by atoms with E-state index in [4.69, 9.17) is 5.73 Å². The summed E-state index contributed by atoms with van der Waals surface area (Å²) in [5.74, 6) is 0.898. The minimum Gasteiger partial charge on any atom is -0.329 e. The first-order chi connectivity index (χ1) is 8.66. The van der Waals surface area contributed by atoms with Gasteiger partial charge in [0, 0.05) is 18.6 Å². The summed E-state index contributed by atoms with van der Waals surface area (Å²) in [6.07, 6.45) is 9.58.